The van der Waals surface area contributed by atoms with Gasteiger partial charge < -0.3 is 0 Å². The van der Waals surface area contributed by atoms with E-state index in [1.54, 1.807) is 12.1 Å². The summed E-state index contributed by atoms with van der Waals surface area (Å²) in [6.45, 7) is 3.34. The van der Waals surface area contributed by atoms with Gasteiger partial charge in [-0.3, -0.25) is 19.4 Å². The molecule has 1 N–H and O–H groups in total. The van der Waals surface area contributed by atoms with E-state index in [1.807, 2.05) is 42.2 Å². The van der Waals surface area contributed by atoms with Gasteiger partial charge in [-0.2, -0.15) is 0 Å². The van der Waals surface area contributed by atoms with Gasteiger partial charge in [0, 0.05) is 24.0 Å². The monoisotopic (exact) mass is 447 g/mol. The molecule has 4 rings (SSSR count). The van der Waals surface area contributed by atoms with Crippen molar-refractivity contribution in [1.29, 1.82) is 0 Å². The number of piperidine rings is 1. The summed E-state index contributed by atoms with van der Waals surface area (Å²) in [5.41, 5.74) is 0.928. The first-order valence-electron chi connectivity index (χ1n) is 10.0. The number of aryl methyl sites for hydroxylation is 1. The Morgan fingerprint density at radius 3 is 2.40 bits per heavy atom. The SMILES string of the molecule is Cc1ccc(S(=O)(=O)NC2CCN([C@@H]3CC(=O)N(Cc4ccccc4)C3=O)CC2)s1. The zero-order chi connectivity index (χ0) is 21.3. The molecule has 0 radical (unpaired) electrons. The van der Waals surface area contributed by atoms with Crippen molar-refractivity contribution < 1.29 is 18.0 Å². The van der Waals surface area contributed by atoms with Crippen LogP contribution in [0.5, 0.6) is 0 Å². The van der Waals surface area contributed by atoms with E-state index in [0.717, 1.165) is 10.4 Å². The predicted octanol–water partition coefficient (Wildman–Crippen LogP) is 2.13. The minimum Gasteiger partial charge on any atom is -0.291 e. The molecular formula is C21H25N3O4S2. The number of amides is 2. The molecule has 2 aliphatic heterocycles. The normalized spacial score (nSPS) is 21.5. The van der Waals surface area contributed by atoms with Crippen LogP contribution in [0.15, 0.2) is 46.7 Å². The van der Waals surface area contributed by atoms with Crippen LogP contribution in [0.1, 0.15) is 29.7 Å². The van der Waals surface area contributed by atoms with Gasteiger partial charge in [-0.15, -0.1) is 11.3 Å². The zero-order valence-electron chi connectivity index (χ0n) is 16.8. The summed E-state index contributed by atoms with van der Waals surface area (Å²) in [6.07, 6.45) is 1.41. The number of carbonyl (C=O) groups excluding carboxylic acids is 2. The van der Waals surface area contributed by atoms with Gasteiger partial charge in [0.05, 0.1) is 19.0 Å². The Hall–Kier alpha value is -2.07. The lowest BCUT2D eigenvalue weighted by atomic mass is 10.0. The minimum absolute atomic E-state index is 0.148. The summed E-state index contributed by atoms with van der Waals surface area (Å²) < 4.78 is 28.2. The van der Waals surface area contributed by atoms with Gasteiger partial charge in [-0.05, 0) is 37.5 Å². The van der Waals surface area contributed by atoms with Crippen LogP contribution in [-0.4, -0.2) is 55.2 Å². The molecule has 2 aliphatic rings. The molecule has 2 amide bonds. The van der Waals surface area contributed by atoms with Crippen molar-refractivity contribution in [1.82, 2.24) is 14.5 Å². The third kappa shape index (κ3) is 4.49. The standard InChI is InChI=1S/C21H25N3O4S2/c1-15-7-8-20(29-15)30(27,28)22-17-9-11-23(12-10-17)18-13-19(25)24(21(18)26)14-16-5-3-2-4-6-16/h2-8,17-18,22H,9-14H2,1H3/t18-/m1/s1. The topological polar surface area (TPSA) is 86.8 Å². The molecule has 0 spiro atoms. The highest BCUT2D eigenvalue weighted by atomic mass is 32.2. The smallest absolute Gasteiger partial charge is 0.250 e. The van der Waals surface area contributed by atoms with E-state index in [-0.39, 0.29) is 24.3 Å². The number of benzene rings is 1. The first-order chi connectivity index (χ1) is 14.3. The van der Waals surface area contributed by atoms with Crippen molar-refractivity contribution in [2.75, 3.05) is 13.1 Å². The lowest BCUT2D eigenvalue weighted by molar-refractivity contribution is -0.140. The first kappa shape index (κ1) is 21.2. The molecule has 0 saturated carbocycles. The van der Waals surface area contributed by atoms with Gasteiger partial charge >= 0.3 is 0 Å². The third-order valence-electron chi connectivity index (χ3n) is 5.68. The zero-order valence-corrected chi connectivity index (χ0v) is 18.4. The number of sulfonamides is 1. The predicted molar refractivity (Wildman–Crippen MR) is 114 cm³/mol. The van der Waals surface area contributed by atoms with Crippen molar-refractivity contribution in [2.24, 2.45) is 0 Å². The van der Waals surface area contributed by atoms with E-state index >= 15 is 0 Å². The Bertz CT molecular complexity index is 1030. The highest BCUT2D eigenvalue weighted by Crippen LogP contribution is 2.26. The van der Waals surface area contributed by atoms with Crippen LogP contribution in [0.3, 0.4) is 0 Å². The van der Waals surface area contributed by atoms with Crippen LogP contribution < -0.4 is 4.72 Å². The third-order valence-corrected chi connectivity index (χ3v) is 8.69. The maximum atomic E-state index is 12.9. The lowest BCUT2D eigenvalue weighted by Crippen LogP contribution is -2.50. The quantitative estimate of drug-likeness (QED) is 0.686. The van der Waals surface area contributed by atoms with E-state index in [1.165, 1.54) is 16.2 Å². The number of likely N-dealkylation sites (tertiary alicyclic amines) is 2. The molecule has 0 aliphatic carbocycles. The number of rotatable bonds is 6. The summed E-state index contributed by atoms with van der Waals surface area (Å²) in [5, 5.41) is 0. The van der Waals surface area contributed by atoms with Crippen LogP contribution in [0.25, 0.3) is 0 Å². The largest absolute Gasteiger partial charge is 0.291 e. The van der Waals surface area contributed by atoms with Crippen LogP contribution >= 0.6 is 11.3 Å². The molecule has 1 aromatic heterocycles. The minimum atomic E-state index is -3.52. The fraction of sp³-hybridized carbons (Fsp3) is 0.429. The molecule has 0 unspecified atom stereocenters. The summed E-state index contributed by atoms with van der Waals surface area (Å²) in [7, 11) is -3.52. The maximum absolute atomic E-state index is 12.9. The molecule has 2 aromatic rings. The fourth-order valence-corrected chi connectivity index (χ4v) is 6.65. The molecule has 30 heavy (non-hydrogen) atoms. The van der Waals surface area contributed by atoms with Gasteiger partial charge in [-0.25, -0.2) is 13.1 Å². The highest BCUT2D eigenvalue weighted by Gasteiger charge is 2.42. The average molecular weight is 448 g/mol. The molecule has 1 atom stereocenters. The maximum Gasteiger partial charge on any atom is 0.250 e. The Kier molecular flexibility index (Phi) is 6.06. The number of nitrogens with one attached hydrogen (secondary N) is 1. The second-order valence-corrected chi connectivity index (χ2v) is 11.0. The molecule has 2 saturated heterocycles. The number of hydrogen-bond acceptors (Lipinski definition) is 6. The average Bonchev–Trinajstić information content (AvgIpc) is 3.28. The number of imide groups is 1. The van der Waals surface area contributed by atoms with Gasteiger partial charge in [0.15, 0.2) is 0 Å². The van der Waals surface area contributed by atoms with E-state index in [0.29, 0.717) is 36.7 Å². The molecule has 160 valence electrons. The molecule has 2 fully saturated rings. The van der Waals surface area contributed by atoms with Gasteiger partial charge in [0.2, 0.25) is 21.8 Å². The Morgan fingerprint density at radius 1 is 1.07 bits per heavy atom. The van der Waals surface area contributed by atoms with Crippen LogP contribution in [-0.2, 0) is 26.2 Å². The first-order valence-corrected chi connectivity index (χ1v) is 12.3. The molecule has 3 heterocycles. The van der Waals surface area contributed by atoms with Crippen molar-refractivity contribution in [3.63, 3.8) is 0 Å². The van der Waals surface area contributed by atoms with Crippen molar-refractivity contribution >= 4 is 33.2 Å². The number of thiophene rings is 1. The fourth-order valence-electron chi connectivity index (χ4n) is 4.05. The van der Waals surface area contributed by atoms with E-state index in [2.05, 4.69) is 4.72 Å². The number of nitrogens with zero attached hydrogens (tertiary/aromatic N) is 2. The Balaban J connectivity index is 1.34. The van der Waals surface area contributed by atoms with E-state index in [9.17, 15) is 18.0 Å². The lowest BCUT2D eigenvalue weighted by Gasteiger charge is -2.34. The van der Waals surface area contributed by atoms with Crippen molar-refractivity contribution in [2.45, 2.75) is 49.0 Å². The molecule has 7 nitrogen and oxygen atoms in total. The number of carbonyl (C=O) groups is 2. The summed E-state index contributed by atoms with van der Waals surface area (Å²) in [5.74, 6) is -0.304. The van der Waals surface area contributed by atoms with E-state index in [4.69, 9.17) is 0 Å². The van der Waals surface area contributed by atoms with Gasteiger partial charge in [0.1, 0.15) is 4.21 Å². The van der Waals surface area contributed by atoms with Crippen molar-refractivity contribution in [3.05, 3.63) is 52.9 Å². The van der Waals surface area contributed by atoms with Crippen LogP contribution in [0.2, 0.25) is 0 Å². The van der Waals surface area contributed by atoms with Gasteiger partial charge in [-0.1, -0.05) is 30.3 Å². The molecule has 0 bridgehead atoms. The second-order valence-electron chi connectivity index (χ2n) is 7.82. The summed E-state index contributed by atoms with van der Waals surface area (Å²) in [4.78, 5) is 29.6. The van der Waals surface area contributed by atoms with Crippen LogP contribution in [0.4, 0.5) is 0 Å². The summed E-state index contributed by atoms with van der Waals surface area (Å²) in [6, 6.07) is 12.3. The Labute approximate surface area is 180 Å². The molecule has 9 heteroatoms. The van der Waals surface area contributed by atoms with Crippen molar-refractivity contribution in [3.8, 4) is 0 Å². The highest BCUT2D eigenvalue weighted by molar-refractivity contribution is 7.91. The van der Waals surface area contributed by atoms with E-state index < -0.39 is 16.1 Å². The Morgan fingerprint density at radius 2 is 1.77 bits per heavy atom. The van der Waals surface area contributed by atoms with Crippen LogP contribution in [0, 0.1) is 6.92 Å². The molecule has 1 aromatic carbocycles. The number of hydrogen-bond donors (Lipinski definition) is 1. The summed E-state index contributed by atoms with van der Waals surface area (Å²) >= 11 is 1.26. The molecular weight excluding hydrogens is 422 g/mol. The second kappa shape index (κ2) is 8.58. The van der Waals surface area contributed by atoms with Gasteiger partial charge in [0.25, 0.3) is 0 Å².